The molecule has 1 aliphatic heterocycles. The largest absolute Gasteiger partial charge is 0.456 e. The third-order valence-electron chi connectivity index (χ3n) is 4.54. The molecule has 8 heteroatoms. The quantitative estimate of drug-likeness (QED) is 0.602. The molecule has 7 nitrogen and oxygen atoms in total. The maximum Gasteiger partial charge on any atom is 0.338 e. The lowest BCUT2D eigenvalue weighted by Crippen LogP contribution is -2.15. The Morgan fingerprint density at radius 3 is 2.83 bits per heavy atom. The van der Waals surface area contributed by atoms with Crippen LogP contribution in [0, 0.1) is 13.8 Å². The summed E-state index contributed by atoms with van der Waals surface area (Å²) >= 11 is 1.36. The number of rotatable bonds is 6. The lowest BCUT2D eigenvalue weighted by atomic mass is 10.1. The molecular formula is C22H20N2O5S. The number of ether oxygens (including phenoxy) is 3. The van der Waals surface area contributed by atoms with Gasteiger partial charge in [0.25, 0.3) is 0 Å². The van der Waals surface area contributed by atoms with Crippen molar-refractivity contribution in [1.29, 1.82) is 0 Å². The van der Waals surface area contributed by atoms with Crippen LogP contribution in [0.4, 0.5) is 5.69 Å². The van der Waals surface area contributed by atoms with Gasteiger partial charge in [-0.25, -0.2) is 9.78 Å². The Morgan fingerprint density at radius 1 is 1.13 bits per heavy atom. The van der Waals surface area contributed by atoms with Gasteiger partial charge in [-0.3, -0.25) is 4.79 Å². The minimum absolute atomic E-state index is 0.0301. The van der Waals surface area contributed by atoms with Crippen molar-refractivity contribution in [3.05, 3.63) is 69.2 Å². The van der Waals surface area contributed by atoms with Gasteiger partial charge in [-0.05, 0) is 49.2 Å². The monoisotopic (exact) mass is 424 g/mol. The zero-order chi connectivity index (χ0) is 21.1. The van der Waals surface area contributed by atoms with E-state index < -0.39 is 5.97 Å². The summed E-state index contributed by atoms with van der Waals surface area (Å²) in [6, 6.07) is 10.8. The summed E-state index contributed by atoms with van der Waals surface area (Å²) in [6.07, 6.45) is 0.161. The highest BCUT2D eigenvalue weighted by atomic mass is 32.1. The predicted octanol–water partition coefficient (Wildman–Crippen LogP) is 4.03. The number of amides is 1. The average Bonchev–Trinajstić information content (AvgIpc) is 3.37. The average molecular weight is 424 g/mol. The summed E-state index contributed by atoms with van der Waals surface area (Å²) in [5.74, 6) is 0.516. The molecule has 30 heavy (non-hydrogen) atoms. The Morgan fingerprint density at radius 2 is 1.97 bits per heavy atom. The molecule has 0 fully saturated rings. The Balaban J connectivity index is 1.31. The van der Waals surface area contributed by atoms with E-state index in [-0.39, 0.29) is 25.7 Å². The Kier molecular flexibility index (Phi) is 5.67. The first-order valence-corrected chi connectivity index (χ1v) is 10.2. The van der Waals surface area contributed by atoms with Gasteiger partial charge in [0.2, 0.25) is 12.7 Å². The summed E-state index contributed by atoms with van der Waals surface area (Å²) in [5, 5.41) is 5.37. The zero-order valence-electron chi connectivity index (χ0n) is 16.6. The first kappa shape index (κ1) is 19.9. The van der Waals surface area contributed by atoms with Crippen LogP contribution in [0.25, 0.3) is 0 Å². The molecule has 1 N–H and O–H groups in total. The number of anilines is 1. The number of thiazole rings is 1. The second kappa shape index (κ2) is 8.54. The zero-order valence-corrected chi connectivity index (χ0v) is 17.4. The van der Waals surface area contributed by atoms with Crippen molar-refractivity contribution in [1.82, 2.24) is 4.98 Å². The number of carbonyl (C=O) groups excluding carboxylic acids is 2. The number of fused-ring (bicyclic) bond motifs is 1. The Labute approximate surface area is 177 Å². The molecule has 2 aromatic carbocycles. The first-order chi connectivity index (χ1) is 14.5. The van der Waals surface area contributed by atoms with Crippen LogP contribution < -0.4 is 14.8 Å². The summed E-state index contributed by atoms with van der Waals surface area (Å²) in [5.41, 5.74) is 3.86. The number of hydrogen-bond donors (Lipinski definition) is 1. The summed E-state index contributed by atoms with van der Waals surface area (Å²) in [7, 11) is 0. The van der Waals surface area contributed by atoms with Gasteiger partial charge < -0.3 is 19.5 Å². The first-order valence-electron chi connectivity index (χ1n) is 9.35. The Bertz CT molecular complexity index is 1110. The van der Waals surface area contributed by atoms with Crippen LogP contribution in [0.3, 0.4) is 0 Å². The molecule has 0 spiro atoms. The smallest absolute Gasteiger partial charge is 0.338 e. The highest BCUT2D eigenvalue weighted by Gasteiger charge is 2.17. The van der Waals surface area contributed by atoms with Gasteiger partial charge in [0.05, 0.1) is 17.7 Å². The third-order valence-corrected chi connectivity index (χ3v) is 5.44. The van der Waals surface area contributed by atoms with E-state index in [0.717, 1.165) is 16.8 Å². The van der Waals surface area contributed by atoms with Crippen LogP contribution in [-0.2, 0) is 22.6 Å². The maximum absolute atomic E-state index is 12.3. The van der Waals surface area contributed by atoms with Crippen LogP contribution in [0.15, 0.2) is 41.8 Å². The number of carbonyl (C=O) groups is 2. The molecule has 3 aromatic rings. The van der Waals surface area contributed by atoms with Crippen molar-refractivity contribution in [2.45, 2.75) is 26.9 Å². The third kappa shape index (κ3) is 4.60. The molecule has 2 heterocycles. The molecule has 154 valence electrons. The van der Waals surface area contributed by atoms with Gasteiger partial charge in [-0.1, -0.05) is 12.1 Å². The minimum Gasteiger partial charge on any atom is -0.456 e. The van der Waals surface area contributed by atoms with E-state index in [1.165, 1.54) is 11.3 Å². The van der Waals surface area contributed by atoms with Gasteiger partial charge in [0, 0.05) is 11.1 Å². The van der Waals surface area contributed by atoms with Gasteiger partial charge in [-0.15, -0.1) is 11.3 Å². The number of aromatic nitrogens is 1. The van der Waals surface area contributed by atoms with Crippen molar-refractivity contribution in [2.24, 2.45) is 0 Å². The second-order valence-corrected chi connectivity index (χ2v) is 7.86. The van der Waals surface area contributed by atoms with E-state index >= 15 is 0 Å². The lowest BCUT2D eigenvalue weighted by molar-refractivity contribution is -0.115. The normalized spacial score (nSPS) is 11.9. The molecule has 1 amide bonds. The molecule has 0 saturated heterocycles. The number of nitrogens with zero attached hydrogens (tertiary/aromatic N) is 1. The van der Waals surface area contributed by atoms with Crippen molar-refractivity contribution in [3.63, 3.8) is 0 Å². The number of esters is 1. The van der Waals surface area contributed by atoms with E-state index in [9.17, 15) is 9.59 Å². The molecule has 0 radical (unpaired) electrons. The highest BCUT2D eigenvalue weighted by molar-refractivity contribution is 7.09. The van der Waals surface area contributed by atoms with E-state index in [2.05, 4.69) is 10.3 Å². The standard InChI is InChI=1S/C22H20N2O5S/c1-13-3-4-14(2)17(7-13)24-20(25)9-21-23-16(11-30-21)10-27-22(26)15-5-6-18-19(8-15)29-12-28-18/h3-8,11H,9-10,12H2,1-2H3,(H,24,25). The van der Waals surface area contributed by atoms with E-state index in [1.807, 2.05) is 32.0 Å². The fourth-order valence-electron chi connectivity index (χ4n) is 2.94. The molecule has 0 bridgehead atoms. The topological polar surface area (TPSA) is 86.8 Å². The summed E-state index contributed by atoms with van der Waals surface area (Å²) in [4.78, 5) is 29.0. The van der Waals surface area contributed by atoms with Crippen LogP contribution >= 0.6 is 11.3 Å². The SMILES string of the molecule is Cc1ccc(C)c(NC(=O)Cc2nc(COC(=O)c3ccc4c(c3)OCO4)cs2)c1. The molecule has 4 rings (SSSR count). The number of hydrogen-bond acceptors (Lipinski definition) is 7. The molecule has 0 atom stereocenters. The fraction of sp³-hybridized carbons (Fsp3) is 0.227. The summed E-state index contributed by atoms with van der Waals surface area (Å²) < 4.78 is 15.8. The highest BCUT2D eigenvalue weighted by Crippen LogP contribution is 2.32. The minimum atomic E-state index is -0.476. The van der Waals surface area contributed by atoms with E-state index in [0.29, 0.717) is 27.8 Å². The molecule has 0 unspecified atom stereocenters. The van der Waals surface area contributed by atoms with E-state index in [4.69, 9.17) is 14.2 Å². The van der Waals surface area contributed by atoms with Crippen LogP contribution in [-0.4, -0.2) is 23.7 Å². The van der Waals surface area contributed by atoms with Gasteiger partial charge in [-0.2, -0.15) is 0 Å². The fourth-order valence-corrected chi connectivity index (χ4v) is 3.72. The van der Waals surface area contributed by atoms with Crippen molar-refractivity contribution >= 4 is 28.9 Å². The molecule has 1 aliphatic rings. The summed E-state index contributed by atoms with van der Waals surface area (Å²) in [6.45, 7) is 4.10. The van der Waals surface area contributed by atoms with E-state index in [1.54, 1.807) is 23.6 Å². The number of aryl methyl sites for hydroxylation is 2. The number of nitrogens with one attached hydrogen (secondary N) is 1. The number of benzene rings is 2. The second-order valence-electron chi connectivity index (χ2n) is 6.92. The van der Waals surface area contributed by atoms with Crippen molar-refractivity contribution in [2.75, 3.05) is 12.1 Å². The Hall–Kier alpha value is -3.39. The molecular weight excluding hydrogens is 404 g/mol. The van der Waals surface area contributed by atoms with Crippen LogP contribution in [0.2, 0.25) is 0 Å². The molecule has 0 saturated carbocycles. The molecule has 1 aromatic heterocycles. The van der Waals surface area contributed by atoms with Gasteiger partial charge in [0.1, 0.15) is 11.6 Å². The van der Waals surface area contributed by atoms with Crippen molar-refractivity contribution < 1.29 is 23.8 Å². The van der Waals surface area contributed by atoms with Gasteiger partial charge >= 0.3 is 5.97 Å². The maximum atomic E-state index is 12.3. The lowest BCUT2D eigenvalue weighted by Gasteiger charge is -2.08. The van der Waals surface area contributed by atoms with Crippen LogP contribution in [0.1, 0.15) is 32.2 Å². The van der Waals surface area contributed by atoms with Crippen molar-refractivity contribution in [3.8, 4) is 11.5 Å². The predicted molar refractivity (Wildman–Crippen MR) is 112 cm³/mol. The molecule has 0 aliphatic carbocycles. The van der Waals surface area contributed by atoms with Gasteiger partial charge in [0.15, 0.2) is 11.5 Å². The van der Waals surface area contributed by atoms with Crippen LogP contribution in [0.5, 0.6) is 11.5 Å².